The summed E-state index contributed by atoms with van der Waals surface area (Å²) in [6.07, 6.45) is -6.42. The number of benzene rings is 3. The second kappa shape index (κ2) is 33.1. The van der Waals surface area contributed by atoms with Crippen molar-refractivity contribution in [2.24, 2.45) is 52.3 Å². The number of nitrogens with one attached hydrogen (secondary N) is 4. The van der Waals surface area contributed by atoms with E-state index in [-0.39, 0.29) is 79.3 Å². The molecule has 21 nitrogen and oxygen atoms in total. The Morgan fingerprint density at radius 1 is 0.762 bits per heavy atom. The van der Waals surface area contributed by atoms with Crippen LogP contribution in [0.3, 0.4) is 0 Å². The van der Waals surface area contributed by atoms with Crippen LogP contribution in [0.15, 0.2) is 78.9 Å². The summed E-state index contributed by atoms with van der Waals surface area (Å²) in [6, 6.07) is 8.44. The predicted octanol–water partition coefficient (Wildman–Crippen LogP) is 9.93. The Bertz CT molecular complexity index is 3690. The van der Waals surface area contributed by atoms with Gasteiger partial charge in [-0.2, -0.15) is 39.0 Å². The van der Waals surface area contributed by atoms with E-state index >= 15 is 0 Å². The van der Waals surface area contributed by atoms with Gasteiger partial charge in [-0.05, 0) is 153 Å². The number of unbranched alkanes of at least 4 members (excludes halogenated alkanes) is 2. The van der Waals surface area contributed by atoms with Gasteiger partial charge in [-0.25, -0.2) is 9.69 Å². The summed E-state index contributed by atoms with van der Waals surface area (Å²) in [7, 11) is 2.03. The number of alkyl halides is 6. The van der Waals surface area contributed by atoms with Crippen LogP contribution in [0.4, 0.5) is 36.8 Å². The van der Waals surface area contributed by atoms with Gasteiger partial charge in [0.1, 0.15) is 18.1 Å². The lowest BCUT2D eigenvalue weighted by molar-refractivity contribution is -0.143. The number of carboxylic acid groups (broad SMARTS) is 1. The number of likely N-dealkylation sites (tertiary alicyclic amines) is 1. The highest BCUT2D eigenvalue weighted by atomic mass is 32.1. The minimum absolute atomic E-state index is 0.00835. The Morgan fingerprint density at radius 3 is 2.08 bits per heavy atom. The van der Waals surface area contributed by atoms with Gasteiger partial charge < -0.3 is 30.9 Å². The molecule has 3 aliphatic carbocycles. The maximum atomic E-state index is 14.2. The van der Waals surface area contributed by atoms with Gasteiger partial charge in [-0.15, -0.1) is 0 Å². The molecule has 3 saturated carbocycles. The second-order valence-corrected chi connectivity index (χ2v) is 29.2. The molecule has 7 amide bonds. The van der Waals surface area contributed by atoms with Crippen molar-refractivity contribution in [3.05, 3.63) is 107 Å². The number of fused-ring (bicyclic) bond motifs is 5. The fourth-order valence-electron chi connectivity index (χ4n) is 15.8. The van der Waals surface area contributed by atoms with Crippen LogP contribution < -0.4 is 21.3 Å². The fraction of sp³-hybridized carbons (Fsp3) is 0.556. The fourth-order valence-corrected chi connectivity index (χ4v) is 16.5. The van der Waals surface area contributed by atoms with Crippen LogP contribution in [0, 0.1) is 52.3 Å². The van der Waals surface area contributed by atoms with Gasteiger partial charge in [0.05, 0.1) is 60.1 Å². The zero-order chi connectivity index (χ0) is 74.2. The molecule has 101 heavy (non-hydrogen) atoms. The van der Waals surface area contributed by atoms with Crippen LogP contribution in [0.1, 0.15) is 152 Å². The molecule has 8 rings (SSSR count). The number of phenolic OH excluding ortho intramolecular Hbond substituents is 1. The van der Waals surface area contributed by atoms with E-state index in [0.29, 0.717) is 87.1 Å². The molecule has 2 heterocycles. The molecule has 0 radical (unpaired) electrons. The first kappa shape index (κ1) is 78.9. The van der Waals surface area contributed by atoms with Crippen LogP contribution in [0.2, 0.25) is 0 Å². The Balaban J connectivity index is 0.814. The molecule has 2 unspecified atom stereocenters. The molecule has 2 aliphatic heterocycles. The maximum Gasteiger partial charge on any atom is 0.417 e. The summed E-state index contributed by atoms with van der Waals surface area (Å²) in [4.78, 5) is 162. The van der Waals surface area contributed by atoms with Crippen molar-refractivity contribution < 1.29 is 98.8 Å². The third-order valence-electron chi connectivity index (χ3n) is 21.3. The summed E-state index contributed by atoms with van der Waals surface area (Å²) >= 11 is 4.13. The molecule has 0 bridgehead atoms. The molecule has 4 fully saturated rings. The minimum Gasteiger partial charge on any atom is -0.508 e. The molecule has 3 aromatic rings. The minimum atomic E-state index is -4.98. The summed E-state index contributed by atoms with van der Waals surface area (Å²) in [5.74, 6) is -10.3. The van der Waals surface area contributed by atoms with E-state index in [4.69, 9.17) is 4.74 Å². The third kappa shape index (κ3) is 19.1. The number of imide groups is 2. The highest BCUT2D eigenvalue weighted by Crippen LogP contribution is 2.66. The van der Waals surface area contributed by atoms with Gasteiger partial charge in [0.2, 0.25) is 29.5 Å². The van der Waals surface area contributed by atoms with Crippen LogP contribution in [0.5, 0.6) is 5.75 Å². The molecule has 0 spiro atoms. The molecule has 6 N–H and O–H groups in total. The molecule has 29 heteroatoms. The summed E-state index contributed by atoms with van der Waals surface area (Å²) in [6.45, 7) is 8.41. The van der Waals surface area contributed by atoms with Gasteiger partial charge in [0, 0.05) is 67.0 Å². The first-order chi connectivity index (χ1) is 47.4. The van der Waals surface area contributed by atoms with Crippen molar-refractivity contribution in [2.45, 2.75) is 187 Å². The predicted molar refractivity (Wildman–Crippen MR) is 362 cm³/mol. The lowest BCUT2D eigenvalue weighted by atomic mass is 9.47. The Labute approximate surface area is 588 Å². The number of thiol groups is 1. The number of rotatable bonds is 31. The molecule has 548 valence electrons. The first-order valence-electron chi connectivity index (χ1n) is 34.0. The van der Waals surface area contributed by atoms with Gasteiger partial charge in [-0.3, -0.25) is 63.0 Å². The number of amides is 7. The average molecular weight is 1450 g/mol. The van der Waals surface area contributed by atoms with E-state index in [2.05, 4.69) is 33.9 Å². The average Bonchev–Trinajstić information content (AvgIpc) is 1.69. The van der Waals surface area contributed by atoms with Crippen molar-refractivity contribution in [3.8, 4) is 5.75 Å². The maximum absolute atomic E-state index is 14.2. The van der Waals surface area contributed by atoms with Crippen LogP contribution in [-0.4, -0.2) is 133 Å². The number of ether oxygens (including phenoxy) is 1. The Morgan fingerprint density at radius 2 is 1.45 bits per heavy atom. The first-order valence-corrected chi connectivity index (χ1v) is 35.2. The monoisotopic (exact) mass is 1450 g/mol. The number of hydrogen-bond acceptors (Lipinski definition) is 16. The van der Waals surface area contributed by atoms with E-state index < -0.39 is 178 Å². The standard InChI is InChI=1S/C72H87F6N6O15PS/c1-38(2)48(34-58(88)53(29-40-12-17-46(85)18-13-40)82-60(89)9-7-6-8-28-83-62(91)35-54(66(83)96)81-55(37-101)67(97)100)65(95)79-39(3)56(86)32-43(33-63(92)93)64(94)80-45-15-10-41(11-16-45)36-99-68(98)84-59-23-19-47-50-21-22-52(69(50,4)26-24-51(47)70(59,5)27-25-61(84)90)57(87)31-42-30-44(71(73,74)75)14-20-49(42)72(76,77)78/h10-18,20,25,27,30,38-39,43,47-48,50-55,59,81,85,101H,6-9,19,21-24,26,28-29,31-37,100H2,1-5H3,(H,79,95)(H,80,94)(H,82,89)(H,92,93)/t39-,43-,47-,48-,50-,51-,52+,53-,54?,55-,59+,69-,70+/m0/s1. The van der Waals surface area contributed by atoms with Crippen molar-refractivity contribution in [1.82, 2.24) is 25.8 Å². The molecular formula is C72H87F6N6O15PS. The lowest BCUT2D eigenvalue weighted by Crippen LogP contribution is -2.62. The van der Waals surface area contributed by atoms with Crippen molar-refractivity contribution in [3.63, 3.8) is 0 Å². The molecule has 1 saturated heterocycles. The van der Waals surface area contributed by atoms with Gasteiger partial charge in [-0.1, -0.05) is 73.7 Å². The number of carboxylic acids is 1. The van der Waals surface area contributed by atoms with Crippen molar-refractivity contribution >= 4 is 97.9 Å². The SMILES string of the molecule is CC(C)[C@H](CC(=O)[C@H](Cc1ccc(O)cc1)NC(=O)CCCCCN1C(=O)CC(N[C@@H](CS)C(=O)P)C1=O)C(=O)N[C@@H](C)C(=O)C[C@@H](CC(=O)O)C(=O)Nc1ccc(COC(=O)N2C(=O)C=C[C@]3(C)[C@H]4CC[C@]5(C)[C@@H](C(=O)Cc6cc(C(F)(F)F)ccc6C(F)(F)F)CC[C@H]5[C@@H]4CC[C@@H]23)cc1. The Hall–Kier alpha value is -7.84. The molecule has 0 aromatic heterocycles. The van der Waals surface area contributed by atoms with Gasteiger partial charge in [0.25, 0.3) is 5.91 Å². The number of ketones is 3. The highest BCUT2D eigenvalue weighted by molar-refractivity contribution is 7.80. The number of carbonyl (C=O) groups excluding carboxylic acids is 11. The zero-order valence-corrected chi connectivity index (χ0v) is 58.8. The number of nitrogens with zero attached hydrogens (tertiary/aromatic N) is 2. The molecule has 14 atom stereocenters. The van der Waals surface area contributed by atoms with E-state index in [9.17, 15) is 94.1 Å². The smallest absolute Gasteiger partial charge is 0.417 e. The second-order valence-electron chi connectivity index (χ2n) is 28.3. The van der Waals surface area contributed by atoms with Gasteiger partial charge in [0.15, 0.2) is 17.1 Å². The summed E-state index contributed by atoms with van der Waals surface area (Å²) in [5, 5.41) is 30.6. The number of hydrogen-bond donors (Lipinski definition) is 7. The number of anilines is 1. The van der Waals surface area contributed by atoms with E-state index in [1.54, 1.807) is 26.0 Å². The van der Waals surface area contributed by atoms with E-state index in [1.807, 2.05) is 29.2 Å². The Kier molecular flexibility index (Phi) is 25.8. The molecule has 3 aromatic carbocycles. The lowest BCUT2D eigenvalue weighted by Gasteiger charge is -2.60. The van der Waals surface area contributed by atoms with Crippen LogP contribution >= 0.6 is 21.9 Å². The highest BCUT2D eigenvalue weighted by Gasteiger charge is 2.62. The van der Waals surface area contributed by atoms with Crippen LogP contribution in [-0.2, 0) is 89.3 Å². The number of carbonyl (C=O) groups is 12. The van der Waals surface area contributed by atoms with E-state index in [0.717, 1.165) is 9.80 Å². The number of Topliss-reactive ketones (excluding diaryl/α,β-unsaturated/α-hetero) is 3. The van der Waals surface area contributed by atoms with E-state index in [1.165, 1.54) is 49.4 Å². The normalized spacial score (nSPS) is 24.1. The number of aromatic hydroxyl groups is 1. The number of aliphatic carboxylic acids is 1. The summed E-state index contributed by atoms with van der Waals surface area (Å²) in [5.41, 5.74) is -3.80. The number of halogens is 6. The molecular weight excluding hydrogens is 1370 g/mol. The van der Waals surface area contributed by atoms with Gasteiger partial charge >= 0.3 is 24.4 Å². The third-order valence-corrected chi connectivity index (χ3v) is 22.1. The van der Waals surface area contributed by atoms with Crippen LogP contribution in [0.25, 0.3) is 0 Å². The zero-order valence-electron chi connectivity index (χ0n) is 56.8. The molecule has 5 aliphatic rings. The number of phenols is 1. The largest absolute Gasteiger partial charge is 0.508 e. The summed E-state index contributed by atoms with van der Waals surface area (Å²) < 4.78 is 88.8. The van der Waals surface area contributed by atoms with Crippen molar-refractivity contribution in [1.29, 1.82) is 0 Å². The van der Waals surface area contributed by atoms with Crippen molar-refractivity contribution in [2.75, 3.05) is 17.6 Å². The topological polar surface area (TPSA) is 309 Å². The quantitative estimate of drug-likeness (QED) is 0.0104.